The average Bonchev–Trinajstić information content (AvgIpc) is 3.24. The molecule has 1 atom stereocenters. The third-order valence-electron chi connectivity index (χ3n) is 4.54. The van der Waals surface area contributed by atoms with Crippen LogP contribution in [0.25, 0.3) is 6.08 Å². The van der Waals surface area contributed by atoms with Crippen LogP contribution in [0.5, 0.6) is 23.0 Å². The number of carbonyl (C=O) groups excluding carboxylic acids is 1. The SMILES string of the molecule is COc1cc(C[C@H]2COC(=O)/C2=C/c2ccc3c(c2)OCO3)ccc1O. The monoisotopic (exact) mass is 354 g/mol. The Morgan fingerprint density at radius 2 is 2.00 bits per heavy atom. The van der Waals surface area contributed by atoms with E-state index in [4.69, 9.17) is 18.9 Å². The minimum atomic E-state index is -0.307. The van der Waals surface area contributed by atoms with E-state index in [1.807, 2.05) is 30.3 Å². The number of carbonyl (C=O) groups is 1. The van der Waals surface area contributed by atoms with Gasteiger partial charge in [-0.15, -0.1) is 0 Å². The van der Waals surface area contributed by atoms with Crippen LogP contribution in [-0.2, 0) is 16.0 Å². The Balaban J connectivity index is 1.59. The smallest absolute Gasteiger partial charge is 0.334 e. The fraction of sp³-hybridized carbons (Fsp3) is 0.250. The van der Waals surface area contributed by atoms with Crippen molar-refractivity contribution in [3.8, 4) is 23.0 Å². The van der Waals surface area contributed by atoms with E-state index in [2.05, 4.69) is 0 Å². The van der Waals surface area contributed by atoms with Gasteiger partial charge in [-0.1, -0.05) is 12.1 Å². The average molecular weight is 354 g/mol. The molecule has 0 bridgehead atoms. The number of ether oxygens (including phenoxy) is 4. The summed E-state index contributed by atoms with van der Waals surface area (Å²) in [6.45, 7) is 0.543. The lowest BCUT2D eigenvalue weighted by atomic mass is 9.92. The van der Waals surface area contributed by atoms with Gasteiger partial charge in [-0.05, 0) is 47.9 Å². The van der Waals surface area contributed by atoms with E-state index in [9.17, 15) is 9.90 Å². The van der Waals surface area contributed by atoms with Crippen molar-refractivity contribution in [2.45, 2.75) is 6.42 Å². The predicted molar refractivity (Wildman–Crippen MR) is 93.4 cm³/mol. The van der Waals surface area contributed by atoms with Crippen molar-refractivity contribution >= 4 is 12.0 Å². The molecule has 2 aromatic rings. The summed E-state index contributed by atoms with van der Waals surface area (Å²) in [7, 11) is 1.51. The largest absolute Gasteiger partial charge is 0.504 e. The molecule has 1 fully saturated rings. The molecule has 0 aliphatic carbocycles. The molecule has 1 N–H and O–H groups in total. The molecule has 2 heterocycles. The summed E-state index contributed by atoms with van der Waals surface area (Å²) in [4.78, 5) is 12.2. The van der Waals surface area contributed by atoms with Gasteiger partial charge in [-0.2, -0.15) is 0 Å². The van der Waals surface area contributed by atoms with Gasteiger partial charge in [0.25, 0.3) is 0 Å². The molecule has 0 spiro atoms. The number of methoxy groups -OCH3 is 1. The molecule has 2 aliphatic heterocycles. The summed E-state index contributed by atoms with van der Waals surface area (Å²) in [6, 6.07) is 10.7. The molecule has 26 heavy (non-hydrogen) atoms. The highest BCUT2D eigenvalue weighted by Crippen LogP contribution is 2.35. The number of cyclic esters (lactones) is 1. The van der Waals surface area contributed by atoms with Crippen molar-refractivity contribution in [3.05, 3.63) is 53.1 Å². The Morgan fingerprint density at radius 1 is 1.15 bits per heavy atom. The molecular weight excluding hydrogens is 336 g/mol. The molecule has 6 heteroatoms. The Bertz CT molecular complexity index is 886. The van der Waals surface area contributed by atoms with Gasteiger partial charge < -0.3 is 24.1 Å². The van der Waals surface area contributed by atoms with Crippen LogP contribution < -0.4 is 14.2 Å². The number of hydrogen-bond donors (Lipinski definition) is 1. The lowest BCUT2D eigenvalue weighted by Crippen LogP contribution is -2.07. The van der Waals surface area contributed by atoms with Gasteiger partial charge >= 0.3 is 5.97 Å². The van der Waals surface area contributed by atoms with Crippen molar-refractivity contribution in [2.75, 3.05) is 20.5 Å². The van der Waals surface area contributed by atoms with E-state index in [-0.39, 0.29) is 24.4 Å². The zero-order chi connectivity index (χ0) is 18.1. The second-order valence-electron chi connectivity index (χ2n) is 6.22. The molecule has 0 unspecified atom stereocenters. The zero-order valence-corrected chi connectivity index (χ0v) is 14.2. The molecule has 0 saturated carbocycles. The fourth-order valence-corrected chi connectivity index (χ4v) is 3.18. The van der Waals surface area contributed by atoms with Gasteiger partial charge in [-0.25, -0.2) is 4.79 Å². The van der Waals surface area contributed by atoms with Crippen LogP contribution in [0, 0.1) is 5.92 Å². The van der Waals surface area contributed by atoms with E-state index >= 15 is 0 Å². The first-order chi connectivity index (χ1) is 12.6. The lowest BCUT2D eigenvalue weighted by molar-refractivity contribution is -0.135. The Kier molecular flexibility index (Phi) is 4.16. The topological polar surface area (TPSA) is 74.2 Å². The van der Waals surface area contributed by atoms with E-state index in [0.29, 0.717) is 35.8 Å². The normalized spacial score (nSPS) is 19.7. The van der Waals surface area contributed by atoms with E-state index in [1.165, 1.54) is 7.11 Å². The predicted octanol–water partition coefficient (Wildman–Crippen LogP) is 2.93. The van der Waals surface area contributed by atoms with Gasteiger partial charge in [0.2, 0.25) is 6.79 Å². The quantitative estimate of drug-likeness (QED) is 0.672. The van der Waals surface area contributed by atoms with Gasteiger partial charge in [-0.3, -0.25) is 0 Å². The van der Waals surface area contributed by atoms with Crippen molar-refractivity contribution in [3.63, 3.8) is 0 Å². The molecule has 134 valence electrons. The number of phenols is 1. The Labute approximate surface area is 150 Å². The number of esters is 1. The van der Waals surface area contributed by atoms with Crippen LogP contribution in [0.15, 0.2) is 42.0 Å². The van der Waals surface area contributed by atoms with Crippen LogP contribution in [0.2, 0.25) is 0 Å². The summed E-state index contributed by atoms with van der Waals surface area (Å²) >= 11 is 0. The van der Waals surface area contributed by atoms with Crippen LogP contribution in [0.1, 0.15) is 11.1 Å². The molecule has 0 radical (unpaired) electrons. The van der Waals surface area contributed by atoms with E-state index < -0.39 is 0 Å². The first-order valence-electron chi connectivity index (χ1n) is 8.28. The molecule has 2 aliphatic rings. The molecular formula is C20H18O6. The van der Waals surface area contributed by atoms with Gasteiger partial charge in [0.05, 0.1) is 13.7 Å². The summed E-state index contributed by atoms with van der Waals surface area (Å²) in [6.07, 6.45) is 2.44. The molecule has 2 aromatic carbocycles. The van der Waals surface area contributed by atoms with Crippen molar-refractivity contribution in [1.82, 2.24) is 0 Å². The maximum absolute atomic E-state index is 12.2. The highest BCUT2D eigenvalue weighted by atomic mass is 16.7. The number of benzene rings is 2. The third-order valence-corrected chi connectivity index (χ3v) is 4.54. The van der Waals surface area contributed by atoms with Crippen molar-refractivity contribution < 1.29 is 28.8 Å². The summed E-state index contributed by atoms with van der Waals surface area (Å²) in [5.74, 6) is 1.50. The Hall–Kier alpha value is -3.15. The van der Waals surface area contributed by atoms with Crippen LogP contribution in [0.4, 0.5) is 0 Å². The van der Waals surface area contributed by atoms with Gasteiger partial charge in [0.15, 0.2) is 23.0 Å². The van der Waals surface area contributed by atoms with E-state index in [1.54, 1.807) is 12.1 Å². The molecule has 1 saturated heterocycles. The summed E-state index contributed by atoms with van der Waals surface area (Å²) in [5, 5.41) is 9.72. The molecule has 4 rings (SSSR count). The van der Waals surface area contributed by atoms with Crippen molar-refractivity contribution in [1.29, 1.82) is 0 Å². The lowest BCUT2D eigenvalue weighted by Gasteiger charge is -2.11. The number of fused-ring (bicyclic) bond motifs is 1. The number of aromatic hydroxyl groups is 1. The molecule has 6 nitrogen and oxygen atoms in total. The van der Waals surface area contributed by atoms with E-state index in [0.717, 1.165) is 11.1 Å². The standard InChI is InChI=1S/C20H18O6/c1-23-18-8-12(2-4-16(18)21)6-14-10-24-20(22)15(14)7-13-3-5-17-19(9-13)26-11-25-17/h2-5,7-9,14,21H,6,10-11H2,1H3/b15-7+/t14-/m0/s1. The van der Waals surface area contributed by atoms with Crippen LogP contribution in [0.3, 0.4) is 0 Å². The highest BCUT2D eigenvalue weighted by molar-refractivity contribution is 5.96. The highest BCUT2D eigenvalue weighted by Gasteiger charge is 2.31. The second-order valence-corrected chi connectivity index (χ2v) is 6.22. The Morgan fingerprint density at radius 3 is 2.85 bits per heavy atom. The first kappa shape index (κ1) is 16.3. The summed E-state index contributed by atoms with van der Waals surface area (Å²) < 4.78 is 21.1. The molecule has 0 aromatic heterocycles. The first-order valence-corrected chi connectivity index (χ1v) is 8.28. The van der Waals surface area contributed by atoms with Gasteiger partial charge in [0.1, 0.15) is 0 Å². The maximum atomic E-state index is 12.2. The minimum Gasteiger partial charge on any atom is -0.504 e. The molecule has 0 amide bonds. The van der Waals surface area contributed by atoms with Crippen LogP contribution >= 0.6 is 0 Å². The maximum Gasteiger partial charge on any atom is 0.334 e. The fourth-order valence-electron chi connectivity index (χ4n) is 3.18. The second kappa shape index (κ2) is 6.63. The third kappa shape index (κ3) is 3.06. The zero-order valence-electron chi connectivity index (χ0n) is 14.2. The number of phenolic OH excluding ortho intramolecular Hbond substituents is 1. The minimum absolute atomic E-state index is 0.0674. The van der Waals surface area contributed by atoms with Gasteiger partial charge in [0, 0.05) is 11.5 Å². The van der Waals surface area contributed by atoms with Crippen molar-refractivity contribution in [2.24, 2.45) is 5.92 Å². The number of rotatable bonds is 4. The van der Waals surface area contributed by atoms with Crippen LogP contribution in [-0.4, -0.2) is 31.6 Å². The summed E-state index contributed by atoms with van der Waals surface area (Å²) in [5.41, 5.74) is 2.44. The number of hydrogen-bond acceptors (Lipinski definition) is 6.